The third-order valence-electron chi connectivity index (χ3n) is 4.00. The highest BCUT2D eigenvalue weighted by atomic mass is 16.2. The molecular formula is C15H23NO. The van der Waals surface area contributed by atoms with E-state index in [0.717, 1.165) is 25.0 Å². The smallest absolute Gasteiger partial charge is 0.227 e. The molecule has 1 aliphatic carbocycles. The maximum Gasteiger partial charge on any atom is 0.227 e. The first-order valence-corrected chi connectivity index (χ1v) is 6.61. The van der Waals surface area contributed by atoms with Crippen molar-refractivity contribution in [1.29, 1.82) is 0 Å². The van der Waals surface area contributed by atoms with Gasteiger partial charge in [-0.25, -0.2) is 0 Å². The van der Waals surface area contributed by atoms with E-state index in [2.05, 4.69) is 45.2 Å². The maximum absolute atomic E-state index is 12.0. The van der Waals surface area contributed by atoms with Crippen LogP contribution in [0.25, 0.3) is 0 Å². The summed E-state index contributed by atoms with van der Waals surface area (Å²) < 4.78 is 0. The van der Waals surface area contributed by atoms with Crippen molar-refractivity contribution in [2.24, 2.45) is 17.3 Å². The van der Waals surface area contributed by atoms with Gasteiger partial charge in [0.05, 0.1) is 0 Å². The topological polar surface area (TPSA) is 29.1 Å². The van der Waals surface area contributed by atoms with Gasteiger partial charge in [-0.05, 0) is 36.2 Å². The number of carbonyl (C=O) groups excluding carboxylic acids is 1. The SMILES string of the molecule is CC(C)C1CC2=C(CCC(C)(C)C=C2)NC1=O. The highest BCUT2D eigenvalue weighted by Crippen LogP contribution is 2.35. The van der Waals surface area contributed by atoms with Crippen LogP contribution in [0.2, 0.25) is 0 Å². The van der Waals surface area contributed by atoms with E-state index in [0.29, 0.717) is 5.92 Å². The molecule has 0 aromatic carbocycles. The van der Waals surface area contributed by atoms with Gasteiger partial charge in [-0.3, -0.25) is 4.79 Å². The summed E-state index contributed by atoms with van der Waals surface area (Å²) in [4.78, 5) is 12.0. The van der Waals surface area contributed by atoms with E-state index >= 15 is 0 Å². The average molecular weight is 233 g/mol. The standard InChI is InChI=1S/C15H23NO/c1-10(2)12-9-11-5-7-15(3,4)8-6-13(11)16-14(12)17/h5,7,10,12H,6,8-9H2,1-4H3,(H,16,17). The Kier molecular flexibility index (Phi) is 3.15. The minimum Gasteiger partial charge on any atom is -0.329 e. The Morgan fingerprint density at radius 3 is 2.76 bits per heavy atom. The van der Waals surface area contributed by atoms with Gasteiger partial charge in [0.1, 0.15) is 0 Å². The number of allylic oxidation sites excluding steroid dienone is 4. The van der Waals surface area contributed by atoms with Crippen molar-refractivity contribution >= 4 is 5.91 Å². The number of rotatable bonds is 1. The maximum atomic E-state index is 12.0. The van der Waals surface area contributed by atoms with Crippen molar-refractivity contribution in [2.45, 2.75) is 47.0 Å². The number of amides is 1. The van der Waals surface area contributed by atoms with Crippen LogP contribution in [0, 0.1) is 17.3 Å². The van der Waals surface area contributed by atoms with Crippen molar-refractivity contribution in [3.8, 4) is 0 Å². The molecule has 0 spiro atoms. The van der Waals surface area contributed by atoms with E-state index in [-0.39, 0.29) is 17.2 Å². The van der Waals surface area contributed by atoms with Crippen molar-refractivity contribution in [2.75, 3.05) is 0 Å². The Bertz CT molecular complexity index is 388. The molecule has 0 aromatic heterocycles. The summed E-state index contributed by atoms with van der Waals surface area (Å²) in [6.07, 6.45) is 7.54. The Labute approximate surface area is 104 Å². The Hall–Kier alpha value is -1.05. The lowest BCUT2D eigenvalue weighted by molar-refractivity contribution is -0.126. The largest absolute Gasteiger partial charge is 0.329 e. The predicted octanol–water partition coefficient (Wildman–Crippen LogP) is 3.41. The molecule has 17 heavy (non-hydrogen) atoms. The molecule has 0 radical (unpaired) electrons. The van der Waals surface area contributed by atoms with Gasteiger partial charge in [-0.2, -0.15) is 0 Å². The first-order valence-electron chi connectivity index (χ1n) is 6.61. The first kappa shape index (κ1) is 12.4. The van der Waals surface area contributed by atoms with Crippen LogP contribution in [0.15, 0.2) is 23.4 Å². The third kappa shape index (κ3) is 2.62. The molecule has 0 saturated heterocycles. The van der Waals surface area contributed by atoms with E-state index in [1.807, 2.05) is 0 Å². The van der Waals surface area contributed by atoms with Gasteiger partial charge in [0.2, 0.25) is 5.91 Å². The van der Waals surface area contributed by atoms with E-state index in [1.54, 1.807) is 0 Å². The molecule has 0 aromatic rings. The minimum absolute atomic E-state index is 0.139. The van der Waals surface area contributed by atoms with Gasteiger partial charge >= 0.3 is 0 Å². The van der Waals surface area contributed by atoms with Crippen molar-refractivity contribution in [3.63, 3.8) is 0 Å². The summed E-state index contributed by atoms with van der Waals surface area (Å²) in [6.45, 7) is 8.76. The zero-order valence-corrected chi connectivity index (χ0v) is 11.3. The lowest BCUT2D eigenvalue weighted by Gasteiger charge is -2.28. The summed E-state index contributed by atoms with van der Waals surface area (Å²) in [5.41, 5.74) is 2.75. The van der Waals surface area contributed by atoms with Gasteiger partial charge in [0.25, 0.3) is 0 Å². The normalized spacial score (nSPS) is 27.8. The molecular weight excluding hydrogens is 210 g/mol. The predicted molar refractivity (Wildman–Crippen MR) is 70.3 cm³/mol. The van der Waals surface area contributed by atoms with Crippen LogP contribution in [0.4, 0.5) is 0 Å². The lowest BCUT2D eigenvalue weighted by atomic mass is 9.84. The molecule has 0 bridgehead atoms. The summed E-state index contributed by atoms with van der Waals surface area (Å²) in [5, 5.41) is 3.12. The molecule has 1 aliphatic heterocycles. The fraction of sp³-hybridized carbons (Fsp3) is 0.667. The molecule has 0 fully saturated rings. The molecule has 1 N–H and O–H groups in total. The number of nitrogens with one attached hydrogen (secondary N) is 1. The molecule has 2 aliphatic rings. The van der Waals surface area contributed by atoms with E-state index < -0.39 is 0 Å². The number of carbonyl (C=O) groups is 1. The minimum atomic E-state index is 0.139. The molecule has 1 unspecified atom stereocenters. The van der Waals surface area contributed by atoms with E-state index in [1.165, 1.54) is 5.57 Å². The quantitative estimate of drug-likeness (QED) is 0.739. The van der Waals surface area contributed by atoms with Crippen LogP contribution >= 0.6 is 0 Å². The summed E-state index contributed by atoms with van der Waals surface area (Å²) in [7, 11) is 0. The fourth-order valence-corrected chi connectivity index (χ4v) is 2.56. The molecule has 1 atom stereocenters. The summed E-state index contributed by atoms with van der Waals surface area (Å²) >= 11 is 0. The third-order valence-corrected chi connectivity index (χ3v) is 4.00. The Balaban J connectivity index is 2.24. The van der Waals surface area contributed by atoms with Crippen LogP contribution in [-0.2, 0) is 4.79 Å². The zero-order valence-electron chi connectivity index (χ0n) is 11.3. The van der Waals surface area contributed by atoms with Crippen LogP contribution in [0.3, 0.4) is 0 Å². The number of hydrogen-bond acceptors (Lipinski definition) is 1. The van der Waals surface area contributed by atoms with Crippen LogP contribution in [-0.4, -0.2) is 5.91 Å². The zero-order chi connectivity index (χ0) is 12.6. The van der Waals surface area contributed by atoms with Crippen molar-refractivity contribution in [3.05, 3.63) is 23.4 Å². The van der Waals surface area contributed by atoms with Crippen LogP contribution in [0.5, 0.6) is 0 Å². The molecule has 0 saturated carbocycles. The van der Waals surface area contributed by atoms with Crippen LogP contribution < -0.4 is 5.32 Å². The Morgan fingerprint density at radius 1 is 1.41 bits per heavy atom. The van der Waals surface area contributed by atoms with Gasteiger partial charge in [-0.1, -0.05) is 39.8 Å². The molecule has 1 amide bonds. The van der Waals surface area contributed by atoms with Crippen LogP contribution in [0.1, 0.15) is 47.0 Å². The summed E-state index contributed by atoms with van der Waals surface area (Å²) in [5.74, 6) is 0.764. The van der Waals surface area contributed by atoms with Gasteiger partial charge < -0.3 is 5.32 Å². The van der Waals surface area contributed by atoms with Crippen molar-refractivity contribution < 1.29 is 4.79 Å². The lowest BCUT2D eigenvalue weighted by Crippen LogP contribution is -2.37. The van der Waals surface area contributed by atoms with Gasteiger partial charge in [-0.15, -0.1) is 0 Å². The molecule has 2 heteroatoms. The van der Waals surface area contributed by atoms with Gasteiger partial charge in [0.15, 0.2) is 0 Å². The molecule has 2 rings (SSSR count). The van der Waals surface area contributed by atoms with Gasteiger partial charge in [0, 0.05) is 11.6 Å². The molecule has 94 valence electrons. The second-order valence-electron chi connectivity index (χ2n) is 6.37. The van der Waals surface area contributed by atoms with E-state index in [4.69, 9.17) is 0 Å². The second kappa shape index (κ2) is 4.32. The first-order chi connectivity index (χ1) is 7.89. The van der Waals surface area contributed by atoms with Crippen molar-refractivity contribution in [1.82, 2.24) is 5.32 Å². The fourth-order valence-electron chi connectivity index (χ4n) is 2.56. The molecule has 2 nitrogen and oxygen atoms in total. The molecule has 1 heterocycles. The second-order valence-corrected chi connectivity index (χ2v) is 6.37. The monoisotopic (exact) mass is 233 g/mol. The highest BCUT2D eigenvalue weighted by Gasteiger charge is 2.31. The van der Waals surface area contributed by atoms with E-state index in [9.17, 15) is 4.79 Å². The summed E-state index contributed by atoms with van der Waals surface area (Å²) in [6, 6.07) is 0. The Morgan fingerprint density at radius 2 is 2.12 bits per heavy atom. The number of hydrogen-bond donors (Lipinski definition) is 1. The average Bonchev–Trinajstić information content (AvgIpc) is 2.37. The highest BCUT2D eigenvalue weighted by molar-refractivity contribution is 5.82.